The Morgan fingerprint density at radius 2 is 0.549 bits per heavy atom. The van der Waals surface area contributed by atoms with Crippen LogP contribution in [-0.4, -0.2) is 190 Å². The Labute approximate surface area is 827 Å². The summed E-state index contributed by atoms with van der Waals surface area (Å²) in [6.45, 7) is 7.43. The molecule has 9 heterocycles. The molecule has 0 spiro atoms. The van der Waals surface area contributed by atoms with Crippen molar-refractivity contribution in [2.75, 3.05) is 76.7 Å². The number of hydrogen-bond donors (Lipinski definition) is 3. The highest BCUT2D eigenvalue weighted by Gasteiger charge is 2.61. The summed E-state index contributed by atoms with van der Waals surface area (Å²) >= 11 is 0. The van der Waals surface area contributed by atoms with Gasteiger partial charge in [-0.3, -0.25) is 13.7 Å². The third-order valence-electron chi connectivity index (χ3n) is 36.8. The molecule has 762 valence electrons. The van der Waals surface area contributed by atoms with Crippen molar-refractivity contribution in [1.82, 2.24) is 58.6 Å². The molecule has 6 aromatic rings. The van der Waals surface area contributed by atoms with Gasteiger partial charge in [-0.05, 0) is 346 Å². The zero-order valence-electron chi connectivity index (χ0n) is 82.3. The number of fused-ring (bicyclic) bond motifs is 3. The molecule has 6 aromatic heterocycles. The minimum atomic E-state index is -1.61. The predicted octanol–water partition coefficient (Wildman–Crippen LogP) is 17.7. The number of ether oxygens (including phenoxy) is 15. The molecule has 23 fully saturated rings. The lowest BCUT2D eigenvalue weighted by molar-refractivity contribution is -0.121. The molecule has 23 aliphatic rings. The number of terminal acetylenes is 3. The van der Waals surface area contributed by atoms with Gasteiger partial charge in [0.05, 0.1) is 38.8 Å². The molecule has 20 bridgehead atoms. The number of nitrogens with two attached hydrogens (primary N) is 3. The Kier molecular flexibility index (Phi) is 25.7. The number of carbonyl (C=O) groups excluding carboxylic acids is 6. The lowest BCUT2D eigenvalue weighted by Gasteiger charge is -2.57. The number of imidazole rings is 3. The number of rotatable bonds is 27. The minimum absolute atomic E-state index is 0.0302. The highest BCUT2D eigenvalue weighted by atomic mass is 16.8. The van der Waals surface area contributed by atoms with E-state index in [9.17, 15) is 28.8 Å². The van der Waals surface area contributed by atoms with E-state index in [1.807, 2.05) is 0 Å². The summed E-state index contributed by atoms with van der Waals surface area (Å²) in [6.07, 6.45) is 54.8. The van der Waals surface area contributed by atoms with Crippen molar-refractivity contribution in [3.63, 3.8) is 0 Å². The van der Waals surface area contributed by atoms with Gasteiger partial charge in [-0.2, -0.15) is 0 Å². The van der Waals surface area contributed by atoms with E-state index in [1.165, 1.54) is 141 Å². The Morgan fingerprint density at radius 1 is 0.324 bits per heavy atom. The SMILES string of the molecule is C#C[C@]1(COC(=O)OCC23CC4CC(CC(C4)C2)C3)O[C@@H](n2cnc3c(N)nc(C)nc32)C[C@@H]1OC(=O)OCC.C#C[C@]1(COC(=O)OCC23CC4CC(CC(C4)C2)C3)O[C@@H](n2cnc3c(N)nc(C)nc32)C[C@@H]1OC(=O)OCC12CC3CC(CC(C3)C1)C2.C#C[C@]1(COC(=O)OCCCC23CC4CC(CC(C4)C2)C3)O[C@@H](n2cnc3c(N)nc(C)nc32)C[C@@H]1OC(=O)OCCCC12CC3CC(CC(C3)C1)C2. The molecule has 20 saturated carbocycles. The Morgan fingerprint density at radius 3 is 0.810 bits per heavy atom. The van der Waals surface area contributed by atoms with Crippen molar-refractivity contribution in [3.8, 4) is 37.0 Å². The topological polar surface area (TPSA) is 450 Å². The summed E-state index contributed by atoms with van der Waals surface area (Å²) in [4.78, 5) is 117. The first-order valence-electron chi connectivity index (χ1n) is 52.7. The molecule has 9 atom stereocenters. The Bertz CT molecular complexity index is 5760. The van der Waals surface area contributed by atoms with E-state index in [2.05, 4.69) is 62.6 Å². The van der Waals surface area contributed by atoms with Crippen LogP contribution in [0.25, 0.3) is 33.5 Å². The highest BCUT2D eigenvalue weighted by molar-refractivity contribution is 5.83. The van der Waals surface area contributed by atoms with E-state index in [4.69, 9.17) is 108 Å². The fourth-order valence-corrected chi connectivity index (χ4v) is 33.5. The van der Waals surface area contributed by atoms with E-state index in [-0.39, 0.29) is 92.6 Å². The standard InChI is InChI=1S/C41H55N5O7.C37H47N5O7.C28H35N5O7/c1-3-41(23-51-37(47)49-8-4-6-39-17-26-10-27(18-39)12-28(11-26)19-39)32(16-33(53-41)46-24-43-34-35(42)44-25(2)45-36(34)46)52-38(48)50-9-5-7-40-20-29-13-30(21-40)15-31(14-29)22-40;1-3-37(19-47-33(43)45-17-35-11-22-4-23(12-35)6-24(5-22)13-35)28(10-29(49-37)42-20-39-30-31(38)40-21(2)41-32(30)42)48-34(44)46-18-36-14-25-7-26(15-36)9-27(8-25)16-36;1-4-28(14-38-25(34)37-13-27-10-17-6-18(11-27)8-19(7-17)12-27)20(39-26(35)36-5-2)9-21(40-28)33-15-30-22-23(29)31-16(3)32-24(22)33/h1,24,26-33H,4-23H2,2H3,(H2,42,44,45);1,20,22-29H,4-19H2,2H3,(H2,38,40,41);1,15,17-21H,5-14H2,2-3H3,(H2,29,31,32)/t26?,27?,28?,29?,30?,31?,32-,33+,39?,40?,41+;22?,23?,24?,25?,26?,27?,28-,29+,35?,36?,37+;17?,18?,19?,20-,21+,27?,28+/m000/s1. The number of carbonyl (C=O) groups is 6. The predicted molar refractivity (Wildman–Crippen MR) is 510 cm³/mol. The monoisotopic (exact) mass is 1960 g/mol. The fourth-order valence-electron chi connectivity index (χ4n) is 33.5. The van der Waals surface area contributed by atoms with Gasteiger partial charge in [-0.25, -0.2) is 73.6 Å². The van der Waals surface area contributed by atoms with Gasteiger partial charge in [0.2, 0.25) is 16.8 Å². The summed E-state index contributed by atoms with van der Waals surface area (Å²) in [7, 11) is 0. The van der Waals surface area contributed by atoms with Gasteiger partial charge in [-0.1, -0.05) is 17.8 Å². The fraction of sp³-hybridized carbons (Fsp3) is 0.745. The van der Waals surface area contributed by atoms with Crippen LogP contribution in [0.3, 0.4) is 0 Å². The molecule has 0 unspecified atom stereocenters. The molecule has 36 nitrogen and oxygen atoms in total. The Balaban J connectivity index is 0.000000123. The first-order valence-corrected chi connectivity index (χ1v) is 52.7. The van der Waals surface area contributed by atoms with Crippen molar-refractivity contribution in [1.29, 1.82) is 0 Å². The number of nitrogens with zero attached hydrogens (tertiary/aromatic N) is 12. The molecule has 36 heteroatoms. The first-order chi connectivity index (χ1) is 68.4. The normalized spacial score (nSPS) is 38.3. The van der Waals surface area contributed by atoms with Crippen LogP contribution in [0.5, 0.6) is 0 Å². The van der Waals surface area contributed by atoms with Crippen molar-refractivity contribution in [2.24, 2.45) is 116 Å². The third kappa shape index (κ3) is 19.3. The smallest absolute Gasteiger partial charge is 0.435 e. The molecular formula is C106H137N15O21. The molecule has 6 N–H and O–H groups in total. The van der Waals surface area contributed by atoms with Crippen molar-refractivity contribution < 1.29 is 99.8 Å². The van der Waals surface area contributed by atoms with Gasteiger partial charge in [0, 0.05) is 35.5 Å². The van der Waals surface area contributed by atoms with Crippen LogP contribution in [0.1, 0.15) is 281 Å². The molecule has 3 saturated heterocycles. The zero-order valence-corrected chi connectivity index (χ0v) is 82.3. The molecule has 0 amide bonds. The van der Waals surface area contributed by atoms with Crippen LogP contribution in [0.2, 0.25) is 0 Å². The van der Waals surface area contributed by atoms with E-state index < -0.39 is 90.7 Å². The number of nitrogen functional groups attached to an aromatic ring is 3. The lowest BCUT2D eigenvalue weighted by atomic mass is 9.48. The maximum atomic E-state index is 13.4. The minimum Gasteiger partial charge on any atom is -0.435 e. The lowest BCUT2D eigenvalue weighted by Crippen LogP contribution is -2.49. The molecule has 20 aliphatic carbocycles. The summed E-state index contributed by atoms with van der Waals surface area (Å²) in [5.74, 6) is 21.9. The van der Waals surface area contributed by atoms with Crippen molar-refractivity contribution in [2.45, 2.75) is 319 Å². The molecule has 142 heavy (non-hydrogen) atoms. The maximum Gasteiger partial charge on any atom is 0.508 e. The quantitative estimate of drug-likeness (QED) is 0.0187. The second-order valence-corrected chi connectivity index (χ2v) is 47.4. The highest BCUT2D eigenvalue weighted by Crippen LogP contribution is 2.66. The van der Waals surface area contributed by atoms with Crippen LogP contribution in [-0.2, 0) is 71.1 Å². The third-order valence-corrected chi connectivity index (χ3v) is 36.8. The van der Waals surface area contributed by atoms with Crippen LogP contribution >= 0.6 is 0 Å². The van der Waals surface area contributed by atoms with Crippen LogP contribution < -0.4 is 17.2 Å². The molecular weight excluding hydrogens is 1820 g/mol. The summed E-state index contributed by atoms with van der Waals surface area (Å²) in [6, 6.07) is 0. The largest absolute Gasteiger partial charge is 0.508 e. The van der Waals surface area contributed by atoms with Gasteiger partial charge in [0.15, 0.2) is 52.7 Å². The van der Waals surface area contributed by atoms with Crippen molar-refractivity contribution >= 4 is 87.9 Å². The zero-order chi connectivity index (χ0) is 98.0. The second kappa shape index (κ2) is 38.0. The van der Waals surface area contributed by atoms with Gasteiger partial charge in [0.25, 0.3) is 0 Å². The Hall–Kier alpha value is -10.8. The van der Waals surface area contributed by atoms with Gasteiger partial charge in [-0.15, -0.1) is 19.3 Å². The van der Waals surface area contributed by atoms with Crippen LogP contribution in [0.15, 0.2) is 19.0 Å². The molecule has 3 aliphatic heterocycles. The van der Waals surface area contributed by atoms with E-state index in [1.54, 1.807) is 54.1 Å². The van der Waals surface area contributed by atoms with Crippen LogP contribution in [0.4, 0.5) is 46.2 Å². The first kappa shape index (κ1) is 96.0. The molecule has 0 aromatic carbocycles. The van der Waals surface area contributed by atoms with Crippen molar-refractivity contribution in [3.05, 3.63) is 36.5 Å². The van der Waals surface area contributed by atoms with E-state index in [0.717, 1.165) is 172 Å². The van der Waals surface area contributed by atoms with E-state index >= 15 is 0 Å². The summed E-state index contributed by atoms with van der Waals surface area (Å²) < 4.78 is 91.9. The number of hydrogen-bond acceptors (Lipinski definition) is 33. The number of aromatic nitrogens is 12. The number of aryl methyl sites for hydroxylation is 3. The maximum absolute atomic E-state index is 13.4. The van der Waals surface area contributed by atoms with Gasteiger partial charge < -0.3 is 88.3 Å². The van der Waals surface area contributed by atoms with E-state index in [0.29, 0.717) is 81.6 Å². The number of anilines is 3. The van der Waals surface area contributed by atoms with Gasteiger partial charge >= 0.3 is 36.9 Å². The van der Waals surface area contributed by atoms with Gasteiger partial charge in [0.1, 0.15) is 92.3 Å². The molecule has 29 rings (SSSR count). The second-order valence-electron chi connectivity index (χ2n) is 47.4. The molecule has 0 radical (unpaired) electrons. The average molecular weight is 1960 g/mol. The summed E-state index contributed by atoms with van der Waals surface area (Å²) in [5.41, 5.74) is 17.0. The average Bonchev–Trinajstić information content (AvgIpc) is 1.69. The summed E-state index contributed by atoms with van der Waals surface area (Å²) in [5, 5.41) is 0. The van der Waals surface area contributed by atoms with Crippen LogP contribution in [0, 0.1) is 174 Å².